The fraction of sp³-hybridized carbons (Fsp3) is 0.417. The van der Waals surface area contributed by atoms with Crippen LogP contribution in [0.5, 0.6) is 0 Å². The summed E-state index contributed by atoms with van der Waals surface area (Å²) in [7, 11) is 3.59. The number of pyridine rings is 1. The lowest BCUT2D eigenvalue weighted by Gasteiger charge is -2.24. The van der Waals surface area contributed by atoms with Crippen LogP contribution in [0.3, 0.4) is 0 Å². The molecule has 0 aromatic carbocycles. The molecule has 0 saturated heterocycles. The number of fused-ring (bicyclic) bond motifs is 1. The van der Waals surface area contributed by atoms with Gasteiger partial charge in [-0.3, -0.25) is 4.68 Å². The van der Waals surface area contributed by atoms with Gasteiger partial charge >= 0.3 is 5.97 Å². The normalized spacial score (nSPS) is 12.7. The van der Waals surface area contributed by atoms with Crippen molar-refractivity contribution in [1.29, 1.82) is 0 Å². The van der Waals surface area contributed by atoms with E-state index in [2.05, 4.69) is 10.1 Å². The maximum Gasteiger partial charge on any atom is 0.326 e. The quantitative estimate of drug-likeness (QED) is 0.883. The van der Waals surface area contributed by atoms with Crippen LogP contribution in [0.2, 0.25) is 0 Å². The van der Waals surface area contributed by atoms with Crippen molar-refractivity contribution in [2.75, 3.05) is 11.9 Å². The van der Waals surface area contributed by atoms with Crippen LogP contribution >= 0.6 is 0 Å². The zero-order chi connectivity index (χ0) is 13.4. The Balaban J connectivity index is 2.61. The van der Waals surface area contributed by atoms with Crippen LogP contribution in [-0.2, 0) is 11.8 Å². The van der Waals surface area contributed by atoms with E-state index in [1.807, 2.05) is 20.0 Å². The molecule has 0 aliphatic carbocycles. The molecule has 2 aromatic heterocycles. The molecule has 1 unspecified atom stereocenters. The molecule has 0 radical (unpaired) electrons. The third-order valence-corrected chi connectivity index (χ3v) is 3.20. The maximum atomic E-state index is 11.1. The first-order valence-electron chi connectivity index (χ1n) is 5.67. The summed E-state index contributed by atoms with van der Waals surface area (Å²) in [4.78, 5) is 17.1. The summed E-state index contributed by atoms with van der Waals surface area (Å²) >= 11 is 0. The molecule has 1 atom stereocenters. The number of aryl methyl sites for hydroxylation is 2. The van der Waals surface area contributed by atoms with Crippen molar-refractivity contribution in [1.82, 2.24) is 14.8 Å². The molecule has 18 heavy (non-hydrogen) atoms. The Bertz CT molecular complexity index is 605. The van der Waals surface area contributed by atoms with Crippen molar-refractivity contribution >= 4 is 22.7 Å². The second kappa shape index (κ2) is 4.29. The molecule has 0 amide bonds. The standard InChI is InChI=1S/C12H16N4O2/c1-7-10-9(15(3)8(2)12(17)18)5-6-13-11(10)16(4)14-7/h5-6,8H,1-4H3,(H,17,18). The number of hydrogen-bond acceptors (Lipinski definition) is 4. The highest BCUT2D eigenvalue weighted by Crippen LogP contribution is 2.28. The Hall–Kier alpha value is -2.11. The van der Waals surface area contributed by atoms with Gasteiger partial charge in [-0.15, -0.1) is 0 Å². The van der Waals surface area contributed by atoms with E-state index in [0.29, 0.717) is 0 Å². The topological polar surface area (TPSA) is 71.2 Å². The molecule has 0 saturated carbocycles. The van der Waals surface area contributed by atoms with Crippen LogP contribution < -0.4 is 4.90 Å². The van der Waals surface area contributed by atoms with Crippen LogP contribution in [0.25, 0.3) is 11.0 Å². The highest BCUT2D eigenvalue weighted by molar-refractivity contribution is 5.93. The Labute approximate surface area is 105 Å². The summed E-state index contributed by atoms with van der Waals surface area (Å²) in [6.45, 7) is 3.55. The summed E-state index contributed by atoms with van der Waals surface area (Å²) < 4.78 is 1.70. The van der Waals surface area contributed by atoms with Crippen molar-refractivity contribution in [2.45, 2.75) is 19.9 Å². The highest BCUT2D eigenvalue weighted by atomic mass is 16.4. The molecule has 6 heteroatoms. The van der Waals surface area contributed by atoms with Gasteiger partial charge in [-0.2, -0.15) is 5.10 Å². The smallest absolute Gasteiger partial charge is 0.326 e. The van der Waals surface area contributed by atoms with Crippen molar-refractivity contribution in [3.05, 3.63) is 18.0 Å². The summed E-state index contributed by atoms with van der Waals surface area (Å²) in [5, 5.41) is 14.3. The molecule has 0 aliphatic rings. The number of aliphatic carboxylic acids is 1. The Morgan fingerprint density at radius 2 is 2.22 bits per heavy atom. The first-order valence-corrected chi connectivity index (χ1v) is 5.67. The van der Waals surface area contributed by atoms with E-state index in [1.165, 1.54) is 0 Å². The number of likely N-dealkylation sites (N-methyl/N-ethyl adjacent to an activating group) is 1. The lowest BCUT2D eigenvalue weighted by molar-refractivity contribution is -0.138. The molecule has 2 rings (SSSR count). The zero-order valence-electron chi connectivity index (χ0n) is 10.9. The average molecular weight is 248 g/mol. The van der Waals surface area contributed by atoms with Crippen LogP contribution in [-0.4, -0.2) is 38.9 Å². The molecule has 2 aromatic rings. The molecular formula is C12H16N4O2. The van der Waals surface area contributed by atoms with Gasteiger partial charge < -0.3 is 10.0 Å². The van der Waals surface area contributed by atoms with E-state index in [9.17, 15) is 4.79 Å². The molecule has 96 valence electrons. The number of hydrogen-bond donors (Lipinski definition) is 1. The first kappa shape index (κ1) is 12.3. The third kappa shape index (κ3) is 1.79. The maximum absolute atomic E-state index is 11.1. The lowest BCUT2D eigenvalue weighted by Crippen LogP contribution is -2.35. The van der Waals surface area contributed by atoms with Crippen molar-refractivity contribution in [3.63, 3.8) is 0 Å². The van der Waals surface area contributed by atoms with Crippen LogP contribution in [0.4, 0.5) is 5.69 Å². The SMILES string of the molecule is Cc1nn(C)c2nccc(N(C)C(C)C(=O)O)c12. The van der Waals surface area contributed by atoms with E-state index in [0.717, 1.165) is 22.4 Å². The fourth-order valence-electron chi connectivity index (χ4n) is 2.02. The van der Waals surface area contributed by atoms with Crippen molar-refractivity contribution in [2.24, 2.45) is 7.05 Å². The van der Waals surface area contributed by atoms with E-state index in [1.54, 1.807) is 29.7 Å². The lowest BCUT2D eigenvalue weighted by atomic mass is 10.2. The van der Waals surface area contributed by atoms with Gasteiger partial charge in [0.1, 0.15) is 6.04 Å². The fourth-order valence-corrected chi connectivity index (χ4v) is 2.02. The van der Waals surface area contributed by atoms with E-state index in [4.69, 9.17) is 5.11 Å². The monoisotopic (exact) mass is 248 g/mol. The molecule has 0 spiro atoms. The zero-order valence-corrected chi connectivity index (χ0v) is 10.9. The summed E-state index contributed by atoms with van der Waals surface area (Å²) in [6.07, 6.45) is 1.67. The molecule has 0 bridgehead atoms. The predicted octanol–water partition coefficient (Wildman–Crippen LogP) is 1.19. The van der Waals surface area contributed by atoms with E-state index < -0.39 is 12.0 Å². The molecule has 2 heterocycles. The largest absolute Gasteiger partial charge is 0.480 e. The second-order valence-corrected chi connectivity index (χ2v) is 4.36. The number of anilines is 1. The Morgan fingerprint density at radius 1 is 1.56 bits per heavy atom. The van der Waals surface area contributed by atoms with Gasteiger partial charge in [0, 0.05) is 20.3 Å². The van der Waals surface area contributed by atoms with Crippen molar-refractivity contribution in [3.8, 4) is 0 Å². The predicted molar refractivity (Wildman–Crippen MR) is 68.7 cm³/mol. The van der Waals surface area contributed by atoms with Crippen LogP contribution in [0.15, 0.2) is 12.3 Å². The molecular weight excluding hydrogens is 232 g/mol. The second-order valence-electron chi connectivity index (χ2n) is 4.36. The Morgan fingerprint density at radius 3 is 2.83 bits per heavy atom. The van der Waals surface area contributed by atoms with Gasteiger partial charge in [-0.25, -0.2) is 9.78 Å². The third-order valence-electron chi connectivity index (χ3n) is 3.20. The van der Waals surface area contributed by atoms with Crippen LogP contribution in [0, 0.1) is 6.92 Å². The molecule has 1 N–H and O–H groups in total. The summed E-state index contributed by atoms with van der Waals surface area (Å²) in [5.74, 6) is -0.857. The van der Waals surface area contributed by atoms with Gasteiger partial charge in [0.25, 0.3) is 0 Å². The number of carboxylic acids is 1. The minimum absolute atomic E-state index is 0.602. The number of aromatic nitrogens is 3. The van der Waals surface area contributed by atoms with Gasteiger partial charge in [0.05, 0.1) is 16.8 Å². The minimum atomic E-state index is -0.857. The summed E-state index contributed by atoms with van der Waals surface area (Å²) in [6, 6.07) is 1.21. The molecule has 0 fully saturated rings. The van der Waals surface area contributed by atoms with Gasteiger partial charge in [0.15, 0.2) is 5.65 Å². The number of carboxylic acid groups (broad SMARTS) is 1. The number of rotatable bonds is 3. The van der Waals surface area contributed by atoms with Crippen molar-refractivity contribution < 1.29 is 9.90 Å². The van der Waals surface area contributed by atoms with Crippen LogP contribution in [0.1, 0.15) is 12.6 Å². The summed E-state index contributed by atoms with van der Waals surface area (Å²) in [5.41, 5.74) is 2.44. The van der Waals surface area contributed by atoms with Gasteiger partial charge in [-0.05, 0) is 19.9 Å². The average Bonchev–Trinajstić information content (AvgIpc) is 2.63. The number of nitrogens with zero attached hydrogens (tertiary/aromatic N) is 4. The highest BCUT2D eigenvalue weighted by Gasteiger charge is 2.21. The minimum Gasteiger partial charge on any atom is -0.480 e. The van der Waals surface area contributed by atoms with E-state index >= 15 is 0 Å². The first-order chi connectivity index (χ1) is 8.43. The molecule has 6 nitrogen and oxygen atoms in total. The van der Waals surface area contributed by atoms with Gasteiger partial charge in [-0.1, -0.05) is 0 Å². The molecule has 0 aliphatic heterocycles. The number of carbonyl (C=O) groups is 1. The van der Waals surface area contributed by atoms with Gasteiger partial charge in [0.2, 0.25) is 0 Å². The van der Waals surface area contributed by atoms with E-state index in [-0.39, 0.29) is 0 Å². The Kier molecular flexibility index (Phi) is 2.94.